The Kier molecular flexibility index (Phi) is 3.22. The molecule has 1 nitrogen and oxygen atoms in total. The predicted octanol–water partition coefficient (Wildman–Crippen LogP) is 4.28. The lowest BCUT2D eigenvalue weighted by Crippen LogP contribution is -2.35. The molecule has 5 heteroatoms. The second-order valence-corrected chi connectivity index (χ2v) is 4.06. The maximum Gasteiger partial charge on any atom is 0.339 e. The van der Waals surface area contributed by atoms with Gasteiger partial charge in [0.1, 0.15) is 5.75 Å². The summed E-state index contributed by atoms with van der Waals surface area (Å²) in [5.74, 6) is -8.95. The average Bonchev–Trinajstić information content (AvgIpc) is 2.40. The van der Waals surface area contributed by atoms with Crippen LogP contribution in [0.1, 0.15) is 11.1 Å². The standard InChI is InChI=1S/C14H10F4O/c15-13(16,10-4-2-1-3-5-10)14(17,18)11-6-8-12(19)9-7-11/h1-9,19H. The van der Waals surface area contributed by atoms with Gasteiger partial charge in [0.05, 0.1) is 0 Å². The van der Waals surface area contributed by atoms with Crippen LogP contribution in [0.4, 0.5) is 17.6 Å². The summed E-state index contributed by atoms with van der Waals surface area (Å²) in [6, 6.07) is 9.39. The minimum Gasteiger partial charge on any atom is -0.508 e. The Hall–Kier alpha value is -2.04. The number of aromatic hydroxyl groups is 1. The van der Waals surface area contributed by atoms with E-state index in [0.717, 1.165) is 36.4 Å². The molecule has 0 aliphatic heterocycles. The third-order valence-corrected chi connectivity index (χ3v) is 2.76. The summed E-state index contributed by atoms with van der Waals surface area (Å²) in [4.78, 5) is 0. The highest BCUT2D eigenvalue weighted by Crippen LogP contribution is 2.49. The number of alkyl halides is 4. The first kappa shape index (κ1) is 13.4. The largest absolute Gasteiger partial charge is 0.508 e. The van der Waals surface area contributed by atoms with E-state index >= 15 is 0 Å². The summed E-state index contributed by atoms with van der Waals surface area (Å²) in [7, 11) is 0. The molecule has 2 aromatic rings. The zero-order chi connectivity index (χ0) is 14.1. The van der Waals surface area contributed by atoms with E-state index < -0.39 is 23.0 Å². The van der Waals surface area contributed by atoms with Crippen molar-refractivity contribution in [1.29, 1.82) is 0 Å². The molecular weight excluding hydrogens is 260 g/mol. The van der Waals surface area contributed by atoms with Crippen molar-refractivity contribution >= 4 is 0 Å². The van der Waals surface area contributed by atoms with Crippen LogP contribution in [0.25, 0.3) is 0 Å². The SMILES string of the molecule is Oc1ccc(C(F)(F)C(F)(F)c2ccccc2)cc1. The van der Waals surface area contributed by atoms with Gasteiger partial charge in [0.15, 0.2) is 0 Å². The van der Waals surface area contributed by atoms with Gasteiger partial charge in [-0.1, -0.05) is 30.3 Å². The van der Waals surface area contributed by atoms with Crippen molar-refractivity contribution in [3.05, 3.63) is 65.7 Å². The zero-order valence-electron chi connectivity index (χ0n) is 9.66. The summed E-state index contributed by atoms with van der Waals surface area (Å²) in [6.45, 7) is 0. The fourth-order valence-electron chi connectivity index (χ4n) is 1.68. The summed E-state index contributed by atoms with van der Waals surface area (Å²) >= 11 is 0. The summed E-state index contributed by atoms with van der Waals surface area (Å²) < 4.78 is 55.7. The molecule has 0 spiro atoms. The molecule has 0 aliphatic carbocycles. The van der Waals surface area contributed by atoms with Crippen LogP contribution < -0.4 is 0 Å². The Bertz CT molecular complexity index is 549. The third-order valence-electron chi connectivity index (χ3n) is 2.76. The van der Waals surface area contributed by atoms with Crippen LogP contribution >= 0.6 is 0 Å². The third kappa shape index (κ3) is 2.28. The van der Waals surface area contributed by atoms with E-state index in [0.29, 0.717) is 0 Å². The Morgan fingerprint density at radius 1 is 0.632 bits per heavy atom. The van der Waals surface area contributed by atoms with Crippen LogP contribution in [0.3, 0.4) is 0 Å². The van der Waals surface area contributed by atoms with E-state index in [1.165, 1.54) is 18.2 Å². The molecular formula is C14H10F4O. The highest BCUT2D eigenvalue weighted by Gasteiger charge is 2.58. The first-order chi connectivity index (χ1) is 8.85. The maximum atomic E-state index is 13.9. The molecule has 0 fully saturated rings. The van der Waals surface area contributed by atoms with Crippen molar-refractivity contribution in [3.63, 3.8) is 0 Å². The monoisotopic (exact) mass is 270 g/mol. The molecule has 2 aromatic carbocycles. The normalized spacial score (nSPS) is 12.4. The average molecular weight is 270 g/mol. The van der Waals surface area contributed by atoms with Crippen LogP contribution in [-0.2, 0) is 11.8 Å². The van der Waals surface area contributed by atoms with Crippen molar-refractivity contribution in [2.24, 2.45) is 0 Å². The molecule has 0 amide bonds. The predicted molar refractivity (Wildman–Crippen MR) is 62.3 cm³/mol. The van der Waals surface area contributed by atoms with E-state index in [-0.39, 0.29) is 5.75 Å². The topological polar surface area (TPSA) is 20.2 Å². The summed E-state index contributed by atoms with van der Waals surface area (Å²) in [5.41, 5.74) is -1.60. The van der Waals surface area contributed by atoms with Crippen LogP contribution in [-0.4, -0.2) is 5.11 Å². The fraction of sp³-hybridized carbons (Fsp3) is 0.143. The number of hydrogen-bond acceptors (Lipinski definition) is 1. The van der Waals surface area contributed by atoms with Gasteiger partial charge in [0.25, 0.3) is 0 Å². The molecule has 2 rings (SSSR count). The van der Waals surface area contributed by atoms with Crippen LogP contribution in [0, 0.1) is 0 Å². The van der Waals surface area contributed by atoms with Gasteiger partial charge in [0.2, 0.25) is 0 Å². The molecule has 0 unspecified atom stereocenters. The van der Waals surface area contributed by atoms with Gasteiger partial charge in [-0.3, -0.25) is 0 Å². The minimum absolute atomic E-state index is 0.262. The number of hydrogen-bond donors (Lipinski definition) is 1. The molecule has 0 aromatic heterocycles. The van der Waals surface area contributed by atoms with Gasteiger partial charge in [-0.15, -0.1) is 0 Å². The molecule has 1 N–H and O–H groups in total. The van der Waals surface area contributed by atoms with E-state index in [1.54, 1.807) is 0 Å². The van der Waals surface area contributed by atoms with Gasteiger partial charge < -0.3 is 5.11 Å². The van der Waals surface area contributed by atoms with Crippen molar-refractivity contribution in [2.45, 2.75) is 11.8 Å². The lowest BCUT2D eigenvalue weighted by molar-refractivity contribution is -0.223. The minimum atomic E-state index is -4.36. The van der Waals surface area contributed by atoms with E-state index in [9.17, 15) is 17.6 Å². The molecule has 0 atom stereocenters. The molecule has 0 saturated heterocycles. The summed E-state index contributed by atoms with van der Waals surface area (Å²) in [5, 5.41) is 9.01. The van der Waals surface area contributed by atoms with Gasteiger partial charge in [-0.25, -0.2) is 0 Å². The van der Waals surface area contributed by atoms with Crippen LogP contribution in [0.2, 0.25) is 0 Å². The Balaban J connectivity index is 2.46. The fourth-order valence-corrected chi connectivity index (χ4v) is 1.68. The molecule has 0 radical (unpaired) electrons. The number of halogens is 4. The van der Waals surface area contributed by atoms with Crippen LogP contribution in [0.5, 0.6) is 5.75 Å². The first-order valence-corrected chi connectivity index (χ1v) is 5.46. The Labute approximate surface area is 107 Å². The lowest BCUT2D eigenvalue weighted by atomic mass is 9.96. The van der Waals surface area contributed by atoms with Gasteiger partial charge in [0, 0.05) is 11.1 Å². The van der Waals surface area contributed by atoms with Crippen molar-refractivity contribution in [2.75, 3.05) is 0 Å². The molecule has 0 saturated carbocycles. The van der Waals surface area contributed by atoms with E-state index in [4.69, 9.17) is 5.11 Å². The van der Waals surface area contributed by atoms with E-state index in [2.05, 4.69) is 0 Å². The van der Waals surface area contributed by atoms with Crippen molar-refractivity contribution in [1.82, 2.24) is 0 Å². The van der Waals surface area contributed by atoms with Gasteiger partial charge >= 0.3 is 11.8 Å². The number of phenols is 1. The molecule has 19 heavy (non-hydrogen) atoms. The Morgan fingerprint density at radius 2 is 1.05 bits per heavy atom. The van der Waals surface area contributed by atoms with E-state index in [1.807, 2.05) is 0 Å². The molecule has 0 bridgehead atoms. The molecule has 0 heterocycles. The van der Waals surface area contributed by atoms with Crippen LogP contribution in [0.15, 0.2) is 54.6 Å². The Morgan fingerprint density at radius 3 is 1.53 bits per heavy atom. The van der Waals surface area contributed by atoms with Crippen molar-refractivity contribution < 1.29 is 22.7 Å². The molecule has 0 aliphatic rings. The smallest absolute Gasteiger partial charge is 0.339 e. The zero-order valence-corrected chi connectivity index (χ0v) is 9.66. The second-order valence-electron chi connectivity index (χ2n) is 4.06. The van der Waals surface area contributed by atoms with Gasteiger partial charge in [-0.05, 0) is 24.3 Å². The van der Waals surface area contributed by atoms with Gasteiger partial charge in [-0.2, -0.15) is 17.6 Å². The quantitative estimate of drug-likeness (QED) is 0.825. The number of benzene rings is 2. The highest BCUT2D eigenvalue weighted by atomic mass is 19.3. The molecule has 100 valence electrons. The number of rotatable bonds is 3. The maximum absolute atomic E-state index is 13.9. The van der Waals surface area contributed by atoms with Crippen molar-refractivity contribution in [3.8, 4) is 5.75 Å². The first-order valence-electron chi connectivity index (χ1n) is 5.46. The lowest BCUT2D eigenvalue weighted by Gasteiger charge is -2.27. The number of phenolic OH excluding ortho intramolecular Hbond substituents is 1. The second kappa shape index (κ2) is 4.57. The summed E-state index contributed by atoms with van der Waals surface area (Å²) in [6.07, 6.45) is 0. The highest BCUT2D eigenvalue weighted by molar-refractivity contribution is 5.33.